The van der Waals surface area contributed by atoms with Gasteiger partial charge >= 0.3 is 5.97 Å². The summed E-state index contributed by atoms with van der Waals surface area (Å²) in [6.45, 7) is 8.85. The standard InChI is InChI=1S/C17H27N3O4S.2ClH/c1-3-24-17(21)15-6-5-14(2)16(13-15)25(22,23)19-7-4-10-20-11-8-18-9-12-20;;/h5-6,13,18-19H,3-4,7-12H2,1-2H3;2*1H. The number of carbonyl (C=O) groups excluding carboxylic acids is 1. The highest BCUT2D eigenvalue weighted by molar-refractivity contribution is 7.89. The van der Waals surface area contributed by atoms with Crippen LogP contribution in [0.2, 0.25) is 0 Å². The van der Waals surface area contributed by atoms with Gasteiger partial charge in [0.25, 0.3) is 0 Å². The Morgan fingerprint density at radius 2 is 1.93 bits per heavy atom. The highest BCUT2D eigenvalue weighted by Crippen LogP contribution is 2.17. The third-order valence-electron chi connectivity index (χ3n) is 4.14. The Hall–Kier alpha value is -0.900. The number of aryl methyl sites for hydroxylation is 1. The Labute approximate surface area is 174 Å². The fourth-order valence-corrected chi connectivity index (χ4v) is 4.10. The number of hydrogen-bond acceptors (Lipinski definition) is 6. The number of sulfonamides is 1. The molecule has 0 bridgehead atoms. The number of benzene rings is 1. The first-order chi connectivity index (χ1) is 11.9. The van der Waals surface area contributed by atoms with E-state index in [1.54, 1.807) is 26.0 Å². The van der Waals surface area contributed by atoms with Crippen molar-refractivity contribution in [2.45, 2.75) is 25.2 Å². The lowest BCUT2D eigenvalue weighted by molar-refractivity contribution is 0.0526. The molecule has 0 aromatic heterocycles. The van der Waals surface area contributed by atoms with Gasteiger partial charge in [-0.15, -0.1) is 24.8 Å². The normalized spacial score (nSPS) is 14.7. The molecule has 1 fully saturated rings. The average molecular weight is 442 g/mol. The summed E-state index contributed by atoms with van der Waals surface area (Å²) < 4.78 is 32.7. The van der Waals surface area contributed by atoms with Crippen molar-refractivity contribution in [1.82, 2.24) is 14.9 Å². The van der Waals surface area contributed by atoms with Gasteiger partial charge in [0.05, 0.1) is 17.1 Å². The van der Waals surface area contributed by atoms with E-state index in [0.29, 0.717) is 12.1 Å². The largest absolute Gasteiger partial charge is 0.462 e. The number of carbonyl (C=O) groups is 1. The molecule has 1 saturated heterocycles. The molecule has 156 valence electrons. The van der Waals surface area contributed by atoms with E-state index in [-0.39, 0.29) is 41.9 Å². The van der Waals surface area contributed by atoms with Crippen molar-refractivity contribution in [3.8, 4) is 0 Å². The molecular formula is C17H29Cl2N3O4S. The number of piperazine rings is 1. The summed E-state index contributed by atoms with van der Waals surface area (Å²) >= 11 is 0. The average Bonchev–Trinajstić information content (AvgIpc) is 2.60. The van der Waals surface area contributed by atoms with Crippen molar-refractivity contribution in [2.24, 2.45) is 0 Å². The predicted octanol–water partition coefficient (Wildman–Crippen LogP) is 1.59. The molecule has 1 heterocycles. The minimum absolute atomic E-state index is 0. The van der Waals surface area contributed by atoms with E-state index in [4.69, 9.17) is 4.74 Å². The van der Waals surface area contributed by atoms with E-state index in [9.17, 15) is 13.2 Å². The summed E-state index contributed by atoms with van der Waals surface area (Å²) in [5.41, 5.74) is 0.844. The van der Waals surface area contributed by atoms with Crippen LogP contribution in [0.15, 0.2) is 23.1 Å². The molecule has 0 aliphatic carbocycles. The second kappa shape index (κ2) is 12.5. The van der Waals surface area contributed by atoms with E-state index in [2.05, 4.69) is 14.9 Å². The van der Waals surface area contributed by atoms with Gasteiger partial charge < -0.3 is 15.0 Å². The molecule has 0 saturated carbocycles. The Kier molecular flexibility index (Phi) is 12.1. The lowest BCUT2D eigenvalue weighted by Crippen LogP contribution is -2.44. The third-order valence-corrected chi connectivity index (χ3v) is 5.74. The van der Waals surface area contributed by atoms with Gasteiger partial charge in [-0.05, 0) is 44.5 Å². The van der Waals surface area contributed by atoms with Gasteiger partial charge in [0.15, 0.2) is 0 Å². The topological polar surface area (TPSA) is 87.7 Å². The Bertz CT molecular complexity index is 695. The van der Waals surface area contributed by atoms with E-state index >= 15 is 0 Å². The minimum Gasteiger partial charge on any atom is -0.462 e. The minimum atomic E-state index is -3.65. The van der Waals surface area contributed by atoms with E-state index in [0.717, 1.165) is 39.1 Å². The smallest absolute Gasteiger partial charge is 0.338 e. The van der Waals surface area contributed by atoms with Gasteiger partial charge in [0.1, 0.15) is 0 Å². The molecule has 27 heavy (non-hydrogen) atoms. The zero-order valence-corrected chi connectivity index (χ0v) is 18.1. The number of nitrogens with one attached hydrogen (secondary N) is 2. The molecule has 0 radical (unpaired) electrons. The monoisotopic (exact) mass is 441 g/mol. The maximum absolute atomic E-state index is 12.5. The van der Waals surface area contributed by atoms with Gasteiger partial charge in [-0.1, -0.05) is 6.07 Å². The van der Waals surface area contributed by atoms with Gasteiger partial charge in [0, 0.05) is 32.7 Å². The van der Waals surface area contributed by atoms with Gasteiger partial charge in [-0.2, -0.15) is 0 Å². The molecule has 2 rings (SSSR count). The van der Waals surface area contributed by atoms with Crippen LogP contribution in [-0.2, 0) is 14.8 Å². The zero-order chi connectivity index (χ0) is 18.3. The van der Waals surface area contributed by atoms with Crippen LogP contribution in [0.25, 0.3) is 0 Å². The van der Waals surface area contributed by atoms with E-state index in [1.807, 2.05) is 0 Å². The van der Waals surface area contributed by atoms with E-state index < -0.39 is 16.0 Å². The van der Waals surface area contributed by atoms with Crippen molar-refractivity contribution in [3.05, 3.63) is 29.3 Å². The highest BCUT2D eigenvalue weighted by atomic mass is 35.5. The van der Waals surface area contributed by atoms with Crippen molar-refractivity contribution in [1.29, 1.82) is 0 Å². The van der Waals surface area contributed by atoms with Crippen molar-refractivity contribution in [2.75, 3.05) is 45.9 Å². The SMILES string of the molecule is CCOC(=O)c1ccc(C)c(S(=O)(=O)NCCCN2CCNCC2)c1.Cl.Cl. The summed E-state index contributed by atoms with van der Waals surface area (Å²) in [6.07, 6.45) is 0.746. The van der Waals surface area contributed by atoms with Crippen LogP contribution in [0.1, 0.15) is 29.3 Å². The molecule has 0 spiro atoms. The summed E-state index contributed by atoms with van der Waals surface area (Å²) in [6, 6.07) is 4.59. The summed E-state index contributed by atoms with van der Waals surface area (Å²) in [7, 11) is -3.65. The first-order valence-corrected chi connectivity index (χ1v) is 10.1. The molecular weight excluding hydrogens is 413 g/mol. The first kappa shape index (κ1) is 26.1. The molecule has 7 nitrogen and oxygen atoms in total. The lowest BCUT2D eigenvalue weighted by Gasteiger charge is -2.27. The molecule has 1 aromatic carbocycles. The van der Waals surface area contributed by atoms with Crippen molar-refractivity contribution >= 4 is 40.8 Å². The molecule has 0 unspecified atom stereocenters. The number of nitrogens with zero attached hydrogens (tertiary/aromatic N) is 1. The van der Waals surface area contributed by atoms with Crippen LogP contribution in [-0.4, -0.2) is 65.2 Å². The van der Waals surface area contributed by atoms with Gasteiger partial charge in [-0.3, -0.25) is 0 Å². The molecule has 1 aliphatic heterocycles. The van der Waals surface area contributed by atoms with Crippen molar-refractivity contribution < 1.29 is 17.9 Å². The number of hydrogen-bond donors (Lipinski definition) is 2. The Morgan fingerprint density at radius 3 is 2.56 bits per heavy atom. The van der Waals surface area contributed by atoms with E-state index in [1.165, 1.54) is 6.07 Å². The number of halogens is 2. The summed E-state index contributed by atoms with van der Waals surface area (Å²) in [5.74, 6) is -0.516. The maximum atomic E-state index is 12.5. The van der Waals surface area contributed by atoms with Crippen molar-refractivity contribution in [3.63, 3.8) is 0 Å². The Balaban J connectivity index is 0.00000338. The Morgan fingerprint density at radius 1 is 1.26 bits per heavy atom. The lowest BCUT2D eigenvalue weighted by atomic mass is 10.1. The van der Waals surface area contributed by atoms with Gasteiger partial charge in [0.2, 0.25) is 10.0 Å². The second-order valence-electron chi connectivity index (χ2n) is 6.04. The van der Waals surface area contributed by atoms with Crippen LogP contribution >= 0.6 is 24.8 Å². The fraction of sp³-hybridized carbons (Fsp3) is 0.588. The quantitative estimate of drug-likeness (QED) is 0.470. The molecule has 1 aliphatic rings. The summed E-state index contributed by atoms with van der Waals surface area (Å²) in [4.78, 5) is 14.3. The van der Waals surface area contributed by atoms with Crippen LogP contribution < -0.4 is 10.0 Å². The maximum Gasteiger partial charge on any atom is 0.338 e. The first-order valence-electron chi connectivity index (χ1n) is 8.64. The third kappa shape index (κ3) is 7.93. The van der Waals surface area contributed by atoms with Gasteiger partial charge in [-0.25, -0.2) is 17.9 Å². The summed E-state index contributed by atoms with van der Waals surface area (Å²) in [5, 5.41) is 3.29. The predicted molar refractivity (Wildman–Crippen MR) is 111 cm³/mol. The number of esters is 1. The molecule has 0 atom stereocenters. The highest BCUT2D eigenvalue weighted by Gasteiger charge is 2.19. The fourth-order valence-electron chi connectivity index (χ4n) is 2.75. The van der Waals surface area contributed by atoms with Crippen LogP contribution in [0.4, 0.5) is 0 Å². The van der Waals surface area contributed by atoms with Crippen LogP contribution in [0.5, 0.6) is 0 Å². The number of rotatable bonds is 8. The zero-order valence-electron chi connectivity index (χ0n) is 15.7. The molecule has 10 heteroatoms. The van der Waals surface area contributed by atoms with Crippen LogP contribution in [0.3, 0.4) is 0 Å². The number of ether oxygens (including phenoxy) is 1. The van der Waals surface area contributed by atoms with Crippen LogP contribution in [0, 0.1) is 6.92 Å². The molecule has 1 aromatic rings. The second-order valence-corrected chi connectivity index (χ2v) is 7.78. The molecule has 2 N–H and O–H groups in total. The molecule has 0 amide bonds.